The summed E-state index contributed by atoms with van der Waals surface area (Å²) in [6.07, 6.45) is 0. The van der Waals surface area contributed by atoms with Crippen LogP contribution in [-0.4, -0.2) is 27.2 Å². The van der Waals surface area contributed by atoms with E-state index in [9.17, 15) is 17.6 Å². The van der Waals surface area contributed by atoms with Crippen molar-refractivity contribution < 1.29 is 26.8 Å². The predicted octanol–water partition coefficient (Wildman–Crippen LogP) is 7.99. The van der Waals surface area contributed by atoms with Crippen LogP contribution in [0.1, 0.15) is 0 Å². The van der Waals surface area contributed by atoms with Gasteiger partial charge in [0, 0.05) is 35.0 Å². The predicted molar refractivity (Wildman–Crippen MR) is 156 cm³/mol. The molecule has 44 heavy (non-hydrogen) atoms. The third-order valence-corrected chi connectivity index (χ3v) is 6.31. The van der Waals surface area contributed by atoms with Gasteiger partial charge < -0.3 is 25.2 Å². The average Bonchev–Trinajstić information content (AvgIpc) is 3.51. The Morgan fingerprint density at radius 2 is 1.11 bits per heavy atom. The van der Waals surface area contributed by atoms with Crippen molar-refractivity contribution in [3.05, 3.63) is 114 Å². The smallest absolute Gasteiger partial charge is 0.233 e. The van der Waals surface area contributed by atoms with Crippen molar-refractivity contribution in [1.29, 1.82) is 0 Å². The third kappa shape index (κ3) is 6.41. The molecule has 6 rings (SSSR count). The van der Waals surface area contributed by atoms with Gasteiger partial charge in [-0.3, -0.25) is 0 Å². The van der Waals surface area contributed by atoms with Gasteiger partial charge in [-0.1, -0.05) is 17.3 Å². The van der Waals surface area contributed by atoms with E-state index >= 15 is 0 Å². The van der Waals surface area contributed by atoms with Gasteiger partial charge in [-0.2, -0.15) is 15.0 Å². The number of nitrogens with zero attached hydrogens (tertiary/aromatic N) is 4. The molecule has 0 aliphatic heterocycles. The number of benzene rings is 4. The largest absolute Gasteiger partial charge is 0.497 e. The van der Waals surface area contributed by atoms with Crippen LogP contribution in [0.4, 0.5) is 52.5 Å². The Bertz CT molecular complexity index is 1860. The molecule has 0 saturated carbocycles. The first kappa shape index (κ1) is 28.2. The lowest BCUT2D eigenvalue weighted by Gasteiger charge is -2.12. The van der Waals surface area contributed by atoms with Crippen molar-refractivity contribution in [3.63, 3.8) is 0 Å². The Hall–Kier alpha value is -5.98. The van der Waals surface area contributed by atoms with Gasteiger partial charge in [0.1, 0.15) is 34.7 Å². The summed E-state index contributed by atoms with van der Waals surface area (Å²) in [6.45, 7) is 0. The van der Waals surface area contributed by atoms with E-state index in [0.29, 0.717) is 29.3 Å². The molecule has 0 spiro atoms. The van der Waals surface area contributed by atoms with E-state index in [1.54, 1.807) is 31.4 Å². The molecule has 0 atom stereocenters. The molecule has 220 valence electrons. The topological polar surface area (TPSA) is 110 Å². The van der Waals surface area contributed by atoms with Gasteiger partial charge in [0.2, 0.25) is 17.8 Å². The number of ether oxygens (including phenoxy) is 1. The van der Waals surface area contributed by atoms with E-state index < -0.39 is 23.3 Å². The Morgan fingerprint density at radius 1 is 0.591 bits per heavy atom. The third-order valence-electron chi connectivity index (χ3n) is 6.31. The maximum Gasteiger partial charge on any atom is 0.233 e. The number of hydrogen-bond acceptors (Lipinski definition) is 9. The summed E-state index contributed by atoms with van der Waals surface area (Å²) < 4.78 is 66.2. The fourth-order valence-corrected chi connectivity index (χ4v) is 4.12. The van der Waals surface area contributed by atoms with Crippen molar-refractivity contribution in [2.75, 3.05) is 23.1 Å². The van der Waals surface area contributed by atoms with Gasteiger partial charge in [-0.15, -0.1) is 0 Å². The SMILES string of the molecule is COc1ccc(-c2cc(-c3ccc(Nc4nc(Nc5ccc(F)cc5F)nc(Nc5ccc(F)cc5F)n4)cc3)no2)cc1. The Morgan fingerprint density at radius 3 is 1.64 bits per heavy atom. The Labute approximate surface area is 247 Å². The molecule has 0 amide bonds. The van der Waals surface area contributed by atoms with E-state index in [2.05, 4.69) is 36.1 Å². The van der Waals surface area contributed by atoms with Crippen LogP contribution in [0.2, 0.25) is 0 Å². The van der Waals surface area contributed by atoms with Gasteiger partial charge in [0.15, 0.2) is 5.76 Å². The average molecular weight is 600 g/mol. The summed E-state index contributed by atoms with van der Waals surface area (Å²) in [6, 6.07) is 22.2. The van der Waals surface area contributed by atoms with Crippen LogP contribution in [-0.2, 0) is 0 Å². The molecule has 0 fully saturated rings. The highest BCUT2D eigenvalue weighted by molar-refractivity contribution is 5.70. The fourth-order valence-electron chi connectivity index (χ4n) is 4.12. The molecular formula is C31H21F4N7O2. The molecule has 4 aromatic carbocycles. The zero-order chi connectivity index (χ0) is 30.6. The number of hydrogen-bond donors (Lipinski definition) is 3. The number of halogens is 4. The lowest BCUT2D eigenvalue weighted by atomic mass is 10.1. The summed E-state index contributed by atoms with van der Waals surface area (Å²) in [5.41, 5.74) is 2.59. The highest BCUT2D eigenvalue weighted by Gasteiger charge is 2.14. The number of aromatic nitrogens is 4. The highest BCUT2D eigenvalue weighted by atomic mass is 19.1. The van der Waals surface area contributed by atoms with E-state index in [-0.39, 0.29) is 29.2 Å². The second kappa shape index (κ2) is 12.1. The fraction of sp³-hybridized carbons (Fsp3) is 0.0323. The molecule has 0 bridgehead atoms. The molecular weight excluding hydrogens is 578 g/mol. The molecule has 0 aliphatic rings. The molecule has 6 aromatic rings. The summed E-state index contributed by atoms with van der Waals surface area (Å²) in [5, 5.41) is 12.5. The maximum absolute atomic E-state index is 14.3. The summed E-state index contributed by atoms with van der Waals surface area (Å²) in [4.78, 5) is 12.7. The molecule has 3 N–H and O–H groups in total. The first-order valence-electron chi connectivity index (χ1n) is 13.0. The molecule has 9 nitrogen and oxygen atoms in total. The van der Waals surface area contributed by atoms with E-state index in [0.717, 1.165) is 29.0 Å². The zero-order valence-electron chi connectivity index (χ0n) is 22.8. The highest BCUT2D eigenvalue weighted by Crippen LogP contribution is 2.29. The first-order valence-corrected chi connectivity index (χ1v) is 13.0. The van der Waals surface area contributed by atoms with Crippen LogP contribution in [0.5, 0.6) is 5.75 Å². The summed E-state index contributed by atoms with van der Waals surface area (Å²) in [7, 11) is 1.59. The first-order chi connectivity index (χ1) is 21.3. The van der Waals surface area contributed by atoms with Crippen LogP contribution in [0.25, 0.3) is 22.6 Å². The number of methoxy groups -OCH3 is 1. The lowest BCUT2D eigenvalue weighted by molar-refractivity contribution is 0.414. The second-order valence-corrected chi connectivity index (χ2v) is 9.31. The van der Waals surface area contributed by atoms with E-state index in [4.69, 9.17) is 9.26 Å². The molecule has 0 unspecified atom stereocenters. The molecule has 0 aliphatic carbocycles. The van der Waals surface area contributed by atoms with Crippen LogP contribution >= 0.6 is 0 Å². The van der Waals surface area contributed by atoms with Gasteiger partial charge in [-0.25, -0.2) is 17.6 Å². The van der Waals surface area contributed by atoms with Gasteiger partial charge in [0.05, 0.1) is 18.5 Å². The normalized spacial score (nSPS) is 10.8. The molecule has 13 heteroatoms. The molecule has 2 heterocycles. The monoisotopic (exact) mass is 599 g/mol. The molecule has 0 radical (unpaired) electrons. The quantitative estimate of drug-likeness (QED) is 0.142. The Balaban J connectivity index is 1.25. The van der Waals surface area contributed by atoms with Gasteiger partial charge in [0.25, 0.3) is 0 Å². The number of rotatable bonds is 9. The number of anilines is 6. The minimum absolute atomic E-state index is 0.00557. The van der Waals surface area contributed by atoms with Crippen LogP contribution in [0.15, 0.2) is 95.5 Å². The second-order valence-electron chi connectivity index (χ2n) is 9.31. The minimum Gasteiger partial charge on any atom is -0.497 e. The molecule has 2 aromatic heterocycles. The minimum atomic E-state index is -0.877. The zero-order valence-corrected chi connectivity index (χ0v) is 22.8. The van der Waals surface area contributed by atoms with E-state index in [1.807, 2.05) is 30.3 Å². The Kier molecular flexibility index (Phi) is 7.74. The maximum atomic E-state index is 14.3. The van der Waals surface area contributed by atoms with Crippen LogP contribution < -0.4 is 20.7 Å². The van der Waals surface area contributed by atoms with Crippen molar-refractivity contribution in [1.82, 2.24) is 20.1 Å². The van der Waals surface area contributed by atoms with Gasteiger partial charge >= 0.3 is 0 Å². The van der Waals surface area contributed by atoms with Crippen molar-refractivity contribution in [2.45, 2.75) is 0 Å². The van der Waals surface area contributed by atoms with Gasteiger partial charge in [-0.05, 0) is 60.7 Å². The number of nitrogens with one attached hydrogen (secondary N) is 3. The van der Waals surface area contributed by atoms with Crippen LogP contribution in [0.3, 0.4) is 0 Å². The van der Waals surface area contributed by atoms with Crippen molar-refractivity contribution >= 4 is 34.9 Å². The molecule has 0 saturated heterocycles. The summed E-state index contributed by atoms with van der Waals surface area (Å²) in [5.74, 6) is -2.22. The van der Waals surface area contributed by atoms with Crippen molar-refractivity contribution in [3.8, 4) is 28.3 Å². The van der Waals surface area contributed by atoms with Crippen molar-refractivity contribution in [2.24, 2.45) is 0 Å². The van der Waals surface area contributed by atoms with Crippen LogP contribution in [0, 0.1) is 23.3 Å². The van der Waals surface area contributed by atoms with E-state index in [1.165, 1.54) is 12.1 Å². The summed E-state index contributed by atoms with van der Waals surface area (Å²) >= 11 is 0. The lowest BCUT2D eigenvalue weighted by Crippen LogP contribution is -2.08. The standard InChI is InChI=1S/C31H21F4N7O2/c1-43-22-10-4-18(5-11-22)28-16-27(42-44-28)17-2-8-21(9-3-17)36-29-39-30(37-25-12-6-19(32)14-23(25)34)41-31(40-29)38-26-13-7-20(33)15-24(26)35/h2-16H,1H3,(H3,36,37,38,39,40,41).